The van der Waals surface area contributed by atoms with Crippen molar-refractivity contribution in [2.75, 3.05) is 20.8 Å². The summed E-state index contributed by atoms with van der Waals surface area (Å²) in [7, 11) is 3.32. The molecule has 1 saturated heterocycles. The number of ether oxygens (including phenoxy) is 2. The summed E-state index contributed by atoms with van der Waals surface area (Å²) < 4.78 is 10.8. The first kappa shape index (κ1) is 19.1. The van der Waals surface area contributed by atoms with Crippen LogP contribution in [0.15, 0.2) is 18.2 Å². The lowest BCUT2D eigenvalue weighted by atomic mass is 9.67. The molecular formula is C22H31NO3. The number of hydrogen-bond donors (Lipinski definition) is 1. The van der Waals surface area contributed by atoms with Crippen LogP contribution in [0.25, 0.3) is 0 Å². The standard InChI is InChI=1S/C22H31NO3/c1-5-22(24)15-16(2)23(19-9-7-6-8-18(19)22)13-12-17-10-11-20(25-3)21(14-17)26-4/h1,10-11,14,16,18-19,24H,6-9,12-13,15H2,2-4H3/t16-,18-,19-,22+/m0/s1. The molecule has 4 heteroatoms. The van der Waals surface area contributed by atoms with E-state index < -0.39 is 5.60 Å². The van der Waals surface area contributed by atoms with Gasteiger partial charge >= 0.3 is 0 Å². The van der Waals surface area contributed by atoms with Gasteiger partial charge in [-0.25, -0.2) is 0 Å². The van der Waals surface area contributed by atoms with Crippen LogP contribution >= 0.6 is 0 Å². The maximum Gasteiger partial charge on any atom is 0.160 e. The maximum absolute atomic E-state index is 11.0. The van der Waals surface area contributed by atoms with Gasteiger partial charge in [0.15, 0.2) is 11.5 Å². The lowest BCUT2D eigenvalue weighted by Crippen LogP contribution is -2.61. The second kappa shape index (κ2) is 7.90. The van der Waals surface area contributed by atoms with Crippen LogP contribution in [-0.2, 0) is 6.42 Å². The topological polar surface area (TPSA) is 41.9 Å². The van der Waals surface area contributed by atoms with Crippen molar-refractivity contribution in [2.24, 2.45) is 5.92 Å². The summed E-state index contributed by atoms with van der Waals surface area (Å²) in [5, 5.41) is 11.0. The van der Waals surface area contributed by atoms with E-state index in [-0.39, 0.29) is 12.0 Å². The van der Waals surface area contributed by atoms with E-state index in [1.165, 1.54) is 18.4 Å². The van der Waals surface area contributed by atoms with E-state index >= 15 is 0 Å². The van der Waals surface area contributed by atoms with Crippen LogP contribution in [0.1, 0.15) is 44.6 Å². The molecule has 0 amide bonds. The number of hydrogen-bond acceptors (Lipinski definition) is 4. The zero-order chi connectivity index (χ0) is 18.7. The number of nitrogens with zero attached hydrogens (tertiary/aromatic N) is 1. The van der Waals surface area contributed by atoms with Gasteiger partial charge < -0.3 is 14.6 Å². The molecule has 1 saturated carbocycles. The summed E-state index contributed by atoms with van der Waals surface area (Å²) in [6.07, 6.45) is 11.9. The highest BCUT2D eigenvalue weighted by Gasteiger charge is 2.49. The first-order valence-electron chi connectivity index (χ1n) is 9.69. The number of benzene rings is 1. The van der Waals surface area contributed by atoms with Gasteiger partial charge in [-0.2, -0.15) is 0 Å². The second-order valence-corrected chi connectivity index (χ2v) is 7.76. The van der Waals surface area contributed by atoms with E-state index in [0.29, 0.717) is 12.5 Å². The molecule has 1 aromatic carbocycles. The number of fused-ring (bicyclic) bond motifs is 1. The number of likely N-dealkylation sites (tertiary alicyclic amines) is 1. The van der Waals surface area contributed by atoms with Crippen LogP contribution in [0.3, 0.4) is 0 Å². The van der Waals surface area contributed by atoms with Gasteiger partial charge in [0.1, 0.15) is 5.60 Å². The zero-order valence-electron chi connectivity index (χ0n) is 16.2. The quantitative estimate of drug-likeness (QED) is 0.822. The molecule has 3 rings (SSSR count). The minimum Gasteiger partial charge on any atom is -0.493 e. The van der Waals surface area contributed by atoms with Crippen LogP contribution in [-0.4, -0.2) is 48.5 Å². The fraction of sp³-hybridized carbons (Fsp3) is 0.636. The zero-order valence-corrected chi connectivity index (χ0v) is 16.2. The summed E-state index contributed by atoms with van der Waals surface area (Å²) in [6.45, 7) is 3.17. The number of rotatable bonds is 5. The van der Waals surface area contributed by atoms with Crippen LogP contribution in [0.2, 0.25) is 0 Å². The van der Waals surface area contributed by atoms with Crippen molar-refractivity contribution in [3.8, 4) is 23.8 Å². The Balaban J connectivity index is 1.74. The molecule has 4 atom stereocenters. The van der Waals surface area contributed by atoms with Gasteiger partial charge in [0.2, 0.25) is 0 Å². The van der Waals surface area contributed by atoms with Crippen molar-refractivity contribution in [3.05, 3.63) is 23.8 Å². The Morgan fingerprint density at radius 3 is 2.65 bits per heavy atom. The third-order valence-corrected chi connectivity index (χ3v) is 6.30. The average Bonchev–Trinajstić information content (AvgIpc) is 2.67. The van der Waals surface area contributed by atoms with Crippen molar-refractivity contribution in [1.29, 1.82) is 0 Å². The minimum absolute atomic E-state index is 0.197. The lowest BCUT2D eigenvalue weighted by molar-refractivity contribution is -0.0999. The molecule has 1 N–H and O–H groups in total. The number of terminal acetylenes is 1. The van der Waals surface area contributed by atoms with Gasteiger partial charge in [-0.3, -0.25) is 4.90 Å². The average molecular weight is 357 g/mol. The fourth-order valence-electron chi connectivity index (χ4n) is 4.96. The van der Waals surface area contributed by atoms with Gasteiger partial charge in [0.25, 0.3) is 0 Å². The van der Waals surface area contributed by atoms with E-state index in [0.717, 1.165) is 37.3 Å². The molecule has 0 bridgehead atoms. The van der Waals surface area contributed by atoms with Crippen molar-refractivity contribution in [2.45, 2.75) is 63.1 Å². The largest absolute Gasteiger partial charge is 0.493 e. The predicted octanol–water partition coefficient (Wildman–Crippen LogP) is 3.26. The Hall–Kier alpha value is -1.70. The molecule has 0 radical (unpaired) electrons. The SMILES string of the molecule is C#C[C@@]1(O)C[C@H](C)N(CCc2ccc(OC)c(OC)c2)[C@H]2CCCC[C@@H]21. The van der Waals surface area contributed by atoms with Gasteiger partial charge in [0, 0.05) is 31.0 Å². The maximum atomic E-state index is 11.0. The van der Waals surface area contributed by atoms with Gasteiger partial charge in [-0.05, 0) is 43.9 Å². The third kappa shape index (κ3) is 3.56. The number of methoxy groups -OCH3 is 2. The van der Waals surface area contributed by atoms with E-state index in [9.17, 15) is 5.11 Å². The second-order valence-electron chi connectivity index (χ2n) is 7.76. The Morgan fingerprint density at radius 2 is 1.96 bits per heavy atom. The summed E-state index contributed by atoms with van der Waals surface area (Å²) >= 11 is 0. The first-order valence-corrected chi connectivity index (χ1v) is 9.69. The molecule has 1 aliphatic carbocycles. The highest BCUT2D eigenvalue weighted by atomic mass is 16.5. The van der Waals surface area contributed by atoms with E-state index in [2.05, 4.69) is 29.9 Å². The van der Waals surface area contributed by atoms with Crippen LogP contribution in [0.4, 0.5) is 0 Å². The predicted molar refractivity (Wildman–Crippen MR) is 104 cm³/mol. The van der Waals surface area contributed by atoms with Crippen molar-refractivity contribution < 1.29 is 14.6 Å². The third-order valence-electron chi connectivity index (χ3n) is 6.30. The fourth-order valence-corrected chi connectivity index (χ4v) is 4.96. The Kier molecular flexibility index (Phi) is 5.79. The van der Waals surface area contributed by atoms with E-state index in [1.807, 2.05) is 6.07 Å². The molecule has 0 unspecified atom stereocenters. The molecular weight excluding hydrogens is 326 g/mol. The molecule has 2 fully saturated rings. The van der Waals surface area contributed by atoms with Crippen LogP contribution in [0.5, 0.6) is 11.5 Å². The van der Waals surface area contributed by atoms with Gasteiger partial charge in [-0.15, -0.1) is 6.42 Å². The smallest absolute Gasteiger partial charge is 0.160 e. The highest BCUT2D eigenvalue weighted by Crippen LogP contribution is 2.43. The summed E-state index contributed by atoms with van der Waals surface area (Å²) in [6, 6.07) is 6.80. The van der Waals surface area contributed by atoms with Crippen molar-refractivity contribution in [3.63, 3.8) is 0 Å². The summed E-state index contributed by atoms with van der Waals surface area (Å²) in [5.74, 6) is 4.46. The summed E-state index contributed by atoms with van der Waals surface area (Å²) in [5.41, 5.74) is 0.296. The molecule has 26 heavy (non-hydrogen) atoms. The van der Waals surface area contributed by atoms with Gasteiger partial charge in [0.05, 0.1) is 14.2 Å². The molecule has 0 aromatic heterocycles. The Labute approximate surface area is 157 Å². The van der Waals surface area contributed by atoms with Crippen molar-refractivity contribution >= 4 is 0 Å². The van der Waals surface area contributed by atoms with E-state index in [4.69, 9.17) is 15.9 Å². The highest BCUT2D eigenvalue weighted by molar-refractivity contribution is 5.43. The lowest BCUT2D eigenvalue weighted by Gasteiger charge is -2.53. The van der Waals surface area contributed by atoms with Crippen LogP contribution < -0.4 is 9.47 Å². The first-order chi connectivity index (χ1) is 12.5. The van der Waals surface area contributed by atoms with Crippen molar-refractivity contribution in [1.82, 2.24) is 4.90 Å². The monoisotopic (exact) mass is 357 g/mol. The Morgan fingerprint density at radius 1 is 1.23 bits per heavy atom. The molecule has 1 heterocycles. The molecule has 1 aliphatic heterocycles. The van der Waals surface area contributed by atoms with Crippen LogP contribution in [0, 0.1) is 18.3 Å². The molecule has 1 aromatic rings. The van der Waals surface area contributed by atoms with Gasteiger partial charge in [-0.1, -0.05) is 24.8 Å². The molecule has 0 spiro atoms. The minimum atomic E-state index is -0.940. The molecule has 142 valence electrons. The Bertz CT molecular complexity index is 668. The normalized spacial score (nSPS) is 31.7. The summed E-state index contributed by atoms with van der Waals surface area (Å²) in [4.78, 5) is 2.58. The number of aliphatic hydroxyl groups is 1. The number of piperidine rings is 1. The molecule has 2 aliphatic rings. The molecule has 4 nitrogen and oxygen atoms in total. The van der Waals surface area contributed by atoms with E-state index in [1.54, 1.807) is 14.2 Å².